The lowest BCUT2D eigenvalue weighted by atomic mass is 10.2. The predicted molar refractivity (Wildman–Crippen MR) is 84.1 cm³/mol. The van der Waals surface area contributed by atoms with Gasteiger partial charge in [-0.15, -0.1) is 0 Å². The maximum atomic E-state index is 11.2. The molecule has 112 valence electrons. The number of anilines is 1. The van der Waals surface area contributed by atoms with Crippen molar-refractivity contribution in [2.75, 3.05) is 44.7 Å². The third kappa shape index (κ3) is 4.19. The van der Waals surface area contributed by atoms with Crippen LogP contribution in [0, 0.1) is 11.3 Å². The summed E-state index contributed by atoms with van der Waals surface area (Å²) in [6.07, 6.45) is 0.442. The number of piperazine rings is 1. The van der Waals surface area contributed by atoms with Gasteiger partial charge in [0.15, 0.2) is 0 Å². The third-order valence-corrected chi connectivity index (χ3v) is 4.28. The van der Waals surface area contributed by atoms with Crippen LogP contribution in [-0.4, -0.2) is 50.7 Å². The molecule has 1 fully saturated rings. The lowest BCUT2D eigenvalue weighted by molar-refractivity contribution is -0.141. The summed E-state index contributed by atoms with van der Waals surface area (Å²) in [6.45, 7) is 4.40. The van der Waals surface area contributed by atoms with E-state index in [1.165, 1.54) is 7.11 Å². The van der Waals surface area contributed by atoms with Gasteiger partial charge >= 0.3 is 5.97 Å². The first-order chi connectivity index (χ1) is 10.1. The zero-order chi connectivity index (χ0) is 15.2. The third-order valence-electron chi connectivity index (χ3n) is 3.65. The summed E-state index contributed by atoms with van der Waals surface area (Å²) in [6, 6.07) is 7.80. The Morgan fingerprint density at radius 1 is 1.38 bits per heavy atom. The highest BCUT2D eigenvalue weighted by Crippen LogP contribution is 2.28. The maximum Gasteiger partial charge on any atom is 0.306 e. The average Bonchev–Trinajstić information content (AvgIpc) is 2.53. The maximum absolute atomic E-state index is 11.2. The molecule has 0 aromatic heterocycles. The van der Waals surface area contributed by atoms with E-state index in [9.17, 15) is 4.79 Å². The fraction of sp³-hybridized carbons (Fsp3) is 0.467. The first kappa shape index (κ1) is 15.8. The Morgan fingerprint density at radius 2 is 2.10 bits per heavy atom. The van der Waals surface area contributed by atoms with Crippen LogP contribution in [0.3, 0.4) is 0 Å². The van der Waals surface area contributed by atoms with Crippen molar-refractivity contribution in [3.63, 3.8) is 0 Å². The van der Waals surface area contributed by atoms with E-state index in [0.717, 1.165) is 42.9 Å². The Kier molecular flexibility index (Phi) is 5.59. The number of ether oxygens (including phenoxy) is 1. The molecule has 0 saturated carbocycles. The van der Waals surface area contributed by atoms with Gasteiger partial charge in [-0.3, -0.25) is 9.69 Å². The minimum Gasteiger partial charge on any atom is -0.469 e. The molecule has 1 aromatic rings. The van der Waals surface area contributed by atoms with Gasteiger partial charge in [0.05, 0.1) is 30.9 Å². The van der Waals surface area contributed by atoms with Crippen LogP contribution >= 0.6 is 15.9 Å². The summed E-state index contributed by atoms with van der Waals surface area (Å²) in [5, 5.41) is 8.89. The van der Waals surface area contributed by atoms with Crippen molar-refractivity contribution in [2.24, 2.45) is 0 Å². The van der Waals surface area contributed by atoms with E-state index in [4.69, 9.17) is 5.26 Å². The van der Waals surface area contributed by atoms with E-state index < -0.39 is 0 Å². The van der Waals surface area contributed by atoms with Crippen molar-refractivity contribution in [2.45, 2.75) is 6.42 Å². The van der Waals surface area contributed by atoms with Crippen molar-refractivity contribution >= 4 is 27.6 Å². The molecular weight excluding hydrogens is 334 g/mol. The number of esters is 1. The van der Waals surface area contributed by atoms with Gasteiger partial charge in [0.25, 0.3) is 0 Å². The zero-order valence-electron chi connectivity index (χ0n) is 12.0. The van der Waals surface area contributed by atoms with Crippen LogP contribution in [0.4, 0.5) is 5.69 Å². The molecule has 1 aliphatic heterocycles. The predicted octanol–water partition coefficient (Wildman–Crippen LogP) is 2.01. The fourth-order valence-electron chi connectivity index (χ4n) is 2.40. The Morgan fingerprint density at radius 3 is 2.67 bits per heavy atom. The Labute approximate surface area is 133 Å². The molecule has 0 bridgehead atoms. The first-order valence-electron chi connectivity index (χ1n) is 6.88. The normalized spacial score (nSPS) is 15.6. The second-order valence-corrected chi connectivity index (χ2v) is 5.79. The summed E-state index contributed by atoms with van der Waals surface area (Å²) in [7, 11) is 1.42. The highest BCUT2D eigenvalue weighted by atomic mass is 79.9. The molecule has 1 saturated heterocycles. The molecule has 0 unspecified atom stereocenters. The molecule has 5 nitrogen and oxygen atoms in total. The second kappa shape index (κ2) is 7.43. The molecule has 2 rings (SSSR count). The summed E-state index contributed by atoms with van der Waals surface area (Å²) in [4.78, 5) is 15.7. The minimum absolute atomic E-state index is 0.160. The van der Waals surface area contributed by atoms with Gasteiger partial charge in [-0.1, -0.05) is 0 Å². The van der Waals surface area contributed by atoms with E-state index in [2.05, 4.69) is 36.5 Å². The summed E-state index contributed by atoms with van der Waals surface area (Å²) >= 11 is 3.53. The number of nitriles is 1. The Bertz CT molecular complexity index is 548. The fourth-order valence-corrected chi connectivity index (χ4v) is 3.03. The van der Waals surface area contributed by atoms with E-state index in [1.54, 1.807) is 0 Å². The molecule has 0 radical (unpaired) electrons. The number of halogens is 1. The number of carbonyl (C=O) groups excluding carboxylic acids is 1. The van der Waals surface area contributed by atoms with Crippen LogP contribution in [0.15, 0.2) is 22.7 Å². The highest BCUT2D eigenvalue weighted by Gasteiger charge is 2.19. The van der Waals surface area contributed by atoms with Gasteiger partial charge in [-0.05, 0) is 34.1 Å². The average molecular weight is 352 g/mol. The molecule has 1 aromatic carbocycles. The lowest BCUT2D eigenvalue weighted by Crippen LogP contribution is -2.47. The van der Waals surface area contributed by atoms with Crippen LogP contribution < -0.4 is 4.90 Å². The first-order valence-corrected chi connectivity index (χ1v) is 7.67. The van der Waals surface area contributed by atoms with E-state index >= 15 is 0 Å². The molecule has 0 spiro atoms. The largest absolute Gasteiger partial charge is 0.469 e. The topological polar surface area (TPSA) is 56.6 Å². The van der Waals surface area contributed by atoms with Crippen LogP contribution in [-0.2, 0) is 9.53 Å². The van der Waals surface area contributed by atoms with Crippen molar-refractivity contribution < 1.29 is 9.53 Å². The van der Waals surface area contributed by atoms with E-state index in [1.807, 2.05) is 18.2 Å². The molecule has 0 amide bonds. The quantitative estimate of drug-likeness (QED) is 0.776. The monoisotopic (exact) mass is 351 g/mol. The second-order valence-electron chi connectivity index (χ2n) is 4.93. The van der Waals surface area contributed by atoms with Gasteiger partial charge in [0.1, 0.15) is 0 Å². The van der Waals surface area contributed by atoms with Gasteiger partial charge in [0.2, 0.25) is 0 Å². The van der Waals surface area contributed by atoms with Crippen LogP contribution in [0.25, 0.3) is 0 Å². The van der Waals surface area contributed by atoms with Gasteiger partial charge in [-0.2, -0.15) is 5.26 Å². The lowest BCUT2D eigenvalue weighted by Gasteiger charge is -2.36. The Hall–Kier alpha value is -1.58. The number of nitrogens with zero attached hydrogens (tertiary/aromatic N) is 3. The van der Waals surface area contributed by atoms with E-state index in [-0.39, 0.29) is 5.97 Å². The number of hydrogen-bond acceptors (Lipinski definition) is 5. The molecule has 0 aliphatic carbocycles. The number of methoxy groups -OCH3 is 1. The highest BCUT2D eigenvalue weighted by molar-refractivity contribution is 9.10. The van der Waals surface area contributed by atoms with Crippen LogP contribution in [0.1, 0.15) is 12.0 Å². The van der Waals surface area contributed by atoms with Crippen LogP contribution in [0.2, 0.25) is 0 Å². The van der Waals surface area contributed by atoms with Gasteiger partial charge in [-0.25, -0.2) is 0 Å². The number of benzene rings is 1. The van der Waals surface area contributed by atoms with Crippen molar-refractivity contribution in [1.29, 1.82) is 5.26 Å². The smallest absolute Gasteiger partial charge is 0.306 e. The minimum atomic E-state index is -0.160. The van der Waals surface area contributed by atoms with Crippen molar-refractivity contribution in [3.8, 4) is 6.07 Å². The van der Waals surface area contributed by atoms with E-state index in [0.29, 0.717) is 12.0 Å². The van der Waals surface area contributed by atoms with Gasteiger partial charge < -0.3 is 9.64 Å². The number of hydrogen-bond donors (Lipinski definition) is 0. The number of carbonyl (C=O) groups is 1. The zero-order valence-corrected chi connectivity index (χ0v) is 13.6. The van der Waals surface area contributed by atoms with Crippen LogP contribution in [0.5, 0.6) is 0 Å². The van der Waals surface area contributed by atoms with Gasteiger partial charge in [0, 0.05) is 37.2 Å². The molecular formula is C15H18BrN3O2. The molecule has 0 N–H and O–H groups in total. The molecule has 1 heterocycles. The molecule has 21 heavy (non-hydrogen) atoms. The number of rotatable bonds is 4. The van der Waals surface area contributed by atoms with Crippen molar-refractivity contribution in [1.82, 2.24) is 4.90 Å². The summed E-state index contributed by atoms with van der Waals surface area (Å²) in [5.74, 6) is -0.160. The van der Waals surface area contributed by atoms with Crippen molar-refractivity contribution in [3.05, 3.63) is 28.2 Å². The standard InChI is InChI=1S/C15H18BrN3O2/c1-21-15(20)4-5-18-6-8-19(9-7-18)14-3-2-12(11-17)10-13(14)16/h2-3,10H,4-9H2,1H3. The molecule has 0 atom stereocenters. The summed E-state index contributed by atoms with van der Waals surface area (Å²) in [5.41, 5.74) is 1.77. The summed E-state index contributed by atoms with van der Waals surface area (Å²) < 4.78 is 5.61. The SMILES string of the molecule is COC(=O)CCN1CCN(c2ccc(C#N)cc2Br)CC1. The Balaban J connectivity index is 1.89. The molecule has 1 aliphatic rings. The molecule has 6 heteroatoms.